The lowest BCUT2D eigenvalue weighted by Crippen LogP contribution is -2.43. The number of primary amides is 1. The van der Waals surface area contributed by atoms with E-state index in [0.29, 0.717) is 18.0 Å². The fourth-order valence-electron chi connectivity index (χ4n) is 4.57. The number of aryl methyl sites for hydroxylation is 1. The molecule has 194 valence electrons. The Labute approximate surface area is 205 Å². The number of sulfonamides is 1. The number of hydrogen-bond donors (Lipinski definition) is 2. The Morgan fingerprint density at radius 2 is 1.78 bits per heavy atom. The Hall–Kier alpha value is -3.06. The van der Waals surface area contributed by atoms with Gasteiger partial charge in [-0.15, -0.1) is 0 Å². The van der Waals surface area contributed by atoms with Gasteiger partial charge in [-0.05, 0) is 44.4 Å². The summed E-state index contributed by atoms with van der Waals surface area (Å²) in [4.78, 5) is 20.2. The highest BCUT2D eigenvalue weighted by molar-refractivity contribution is 7.89. The minimum absolute atomic E-state index is 0.00565. The molecule has 1 saturated carbocycles. The van der Waals surface area contributed by atoms with Gasteiger partial charge < -0.3 is 10.3 Å². The lowest BCUT2D eigenvalue weighted by molar-refractivity contribution is -0.147. The van der Waals surface area contributed by atoms with Crippen LogP contribution in [0.15, 0.2) is 29.4 Å². The summed E-state index contributed by atoms with van der Waals surface area (Å²) in [5.41, 5.74) is 6.85. The van der Waals surface area contributed by atoms with Gasteiger partial charge in [0.25, 0.3) is 5.91 Å². The number of benzene rings is 1. The molecule has 0 spiro atoms. The molecule has 1 aromatic carbocycles. The summed E-state index contributed by atoms with van der Waals surface area (Å²) in [5.74, 6) is -1.41. The van der Waals surface area contributed by atoms with E-state index in [4.69, 9.17) is 5.73 Å². The van der Waals surface area contributed by atoms with Gasteiger partial charge in [-0.2, -0.15) is 17.9 Å². The van der Waals surface area contributed by atoms with E-state index in [1.165, 1.54) is 6.07 Å². The van der Waals surface area contributed by atoms with Crippen LogP contribution in [-0.4, -0.2) is 41.1 Å². The van der Waals surface area contributed by atoms with Crippen LogP contribution < -0.4 is 10.5 Å². The van der Waals surface area contributed by atoms with Crippen LogP contribution in [0.3, 0.4) is 0 Å². The van der Waals surface area contributed by atoms with Gasteiger partial charge in [-0.1, -0.05) is 19.3 Å². The zero-order valence-electron chi connectivity index (χ0n) is 19.6. The number of aromatic nitrogens is 3. The molecule has 1 atom stereocenters. The molecule has 1 aliphatic carbocycles. The first-order valence-electron chi connectivity index (χ1n) is 11.4. The van der Waals surface area contributed by atoms with Crippen molar-refractivity contribution < 1.29 is 30.8 Å². The SMILES string of the molecule is Cc1cc2c(cc1F)c(C(N)=O)c(-c1ncc(S(=O)(=O)N[C@@H](C)C(F)(F)F)cn1)n2C1CCCCC1. The predicted molar refractivity (Wildman–Crippen MR) is 124 cm³/mol. The van der Waals surface area contributed by atoms with Crippen molar-refractivity contribution in [1.82, 2.24) is 19.3 Å². The van der Waals surface area contributed by atoms with E-state index in [-0.39, 0.29) is 28.5 Å². The highest BCUT2D eigenvalue weighted by Crippen LogP contribution is 2.40. The largest absolute Gasteiger partial charge is 0.404 e. The maximum Gasteiger partial charge on any atom is 0.404 e. The van der Waals surface area contributed by atoms with Crippen LogP contribution in [0.1, 0.15) is 61.0 Å². The number of amides is 1. The molecule has 0 radical (unpaired) electrons. The minimum atomic E-state index is -4.78. The summed E-state index contributed by atoms with van der Waals surface area (Å²) in [6, 6.07) is 0.469. The number of nitrogens with one attached hydrogen (secondary N) is 1. The van der Waals surface area contributed by atoms with Crippen LogP contribution in [0.25, 0.3) is 22.4 Å². The van der Waals surface area contributed by atoms with Crippen LogP contribution >= 0.6 is 0 Å². The molecular formula is C23H25F4N5O3S. The van der Waals surface area contributed by atoms with Crippen LogP contribution in [-0.2, 0) is 10.0 Å². The second kappa shape index (κ2) is 9.43. The Kier molecular flexibility index (Phi) is 6.82. The highest BCUT2D eigenvalue weighted by atomic mass is 32.2. The average Bonchev–Trinajstić information content (AvgIpc) is 3.13. The maximum absolute atomic E-state index is 14.5. The van der Waals surface area contributed by atoms with Crippen molar-refractivity contribution in [3.63, 3.8) is 0 Å². The standard InChI is InChI=1S/C23H25F4N5O3S/c1-12-8-18-16(9-17(12)24)19(21(28)33)20(32(18)14-6-4-3-5-7-14)22-29-10-15(11-30-22)36(34,35)31-13(2)23(25,26)27/h8-11,13-14,31H,3-7H2,1-2H3,(H2,28,33)/t13-/m0/s1. The fourth-order valence-corrected chi connectivity index (χ4v) is 5.68. The molecule has 36 heavy (non-hydrogen) atoms. The first-order chi connectivity index (χ1) is 16.8. The zero-order chi connectivity index (χ0) is 26.4. The molecule has 3 N–H and O–H groups in total. The number of nitrogens with two attached hydrogens (primary N) is 1. The van der Waals surface area contributed by atoms with Crippen LogP contribution in [0.5, 0.6) is 0 Å². The fraction of sp³-hybridized carbons (Fsp3) is 0.435. The molecule has 8 nitrogen and oxygen atoms in total. The monoisotopic (exact) mass is 527 g/mol. The van der Waals surface area contributed by atoms with Gasteiger partial charge in [-0.3, -0.25) is 4.79 Å². The summed E-state index contributed by atoms with van der Waals surface area (Å²) in [7, 11) is -4.58. The van der Waals surface area contributed by atoms with Gasteiger partial charge in [0, 0.05) is 11.4 Å². The third-order valence-corrected chi connectivity index (χ3v) is 7.94. The molecule has 1 fully saturated rings. The molecule has 2 heterocycles. The van der Waals surface area contributed by atoms with Crippen LogP contribution in [0, 0.1) is 12.7 Å². The molecule has 4 rings (SSSR count). The highest BCUT2D eigenvalue weighted by Gasteiger charge is 2.39. The average molecular weight is 528 g/mol. The van der Waals surface area contributed by atoms with Crippen LogP contribution in [0.2, 0.25) is 0 Å². The molecule has 0 aliphatic heterocycles. The molecule has 0 bridgehead atoms. The van der Waals surface area contributed by atoms with Crippen molar-refractivity contribution >= 4 is 26.8 Å². The number of carbonyl (C=O) groups excluding carboxylic acids is 1. The number of rotatable bonds is 6. The smallest absolute Gasteiger partial charge is 0.366 e. The second-order valence-corrected chi connectivity index (χ2v) is 10.7. The molecule has 0 unspecified atom stereocenters. The van der Waals surface area contributed by atoms with Crippen molar-refractivity contribution in [2.24, 2.45) is 5.73 Å². The van der Waals surface area contributed by atoms with Crippen molar-refractivity contribution in [2.75, 3.05) is 0 Å². The molecule has 2 aromatic heterocycles. The van der Waals surface area contributed by atoms with E-state index in [2.05, 4.69) is 9.97 Å². The Morgan fingerprint density at radius 1 is 1.17 bits per heavy atom. The number of carbonyl (C=O) groups is 1. The summed E-state index contributed by atoms with van der Waals surface area (Å²) in [6.45, 7) is 2.28. The zero-order valence-corrected chi connectivity index (χ0v) is 20.4. The van der Waals surface area contributed by atoms with E-state index in [0.717, 1.165) is 44.5 Å². The number of fused-ring (bicyclic) bond motifs is 1. The van der Waals surface area contributed by atoms with Gasteiger partial charge in [0.05, 0.1) is 23.5 Å². The third kappa shape index (κ3) is 4.81. The van der Waals surface area contributed by atoms with Crippen molar-refractivity contribution in [2.45, 2.75) is 69.1 Å². The number of nitrogens with zero attached hydrogens (tertiary/aromatic N) is 3. The lowest BCUT2D eigenvalue weighted by Gasteiger charge is -2.26. The topological polar surface area (TPSA) is 120 Å². The second-order valence-electron chi connectivity index (χ2n) is 9.00. The first-order valence-corrected chi connectivity index (χ1v) is 12.8. The molecular weight excluding hydrogens is 502 g/mol. The van der Waals surface area contributed by atoms with Gasteiger partial charge in [0.15, 0.2) is 5.82 Å². The maximum atomic E-state index is 14.5. The molecule has 13 heteroatoms. The summed E-state index contributed by atoms with van der Waals surface area (Å²) >= 11 is 0. The predicted octanol–water partition coefficient (Wildman–Crippen LogP) is 4.38. The molecule has 3 aromatic rings. The van der Waals surface area contributed by atoms with Gasteiger partial charge >= 0.3 is 6.18 Å². The summed E-state index contributed by atoms with van der Waals surface area (Å²) in [5, 5.41) is 0.284. The van der Waals surface area contributed by atoms with E-state index in [1.807, 2.05) is 4.57 Å². The minimum Gasteiger partial charge on any atom is -0.366 e. The third-order valence-electron chi connectivity index (χ3n) is 6.44. The number of halogens is 4. The van der Waals surface area contributed by atoms with Gasteiger partial charge in [-0.25, -0.2) is 22.8 Å². The number of alkyl halides is 3. The Morgan fingerprint density at radius 3 is 2.33 bits per heavy atom. The number of hydrogen-bond acceptors (Lipinski definition) is 5. The summed E-state index contributed by atoms with van der Waals surface area (Å²) < 4.78 is 81.3. The first kappa shape index (κ1) is 26.0. The molecule has 0 saturated heterocycles. The van der Waals surface area contributed by atoms with E-state index >= 15 is 0 Å². The quantitative estimate of drug-likeness (QED) is 0.461. The Balaban J connectivity index is 1.88. The van der Waals surface area contributed by atoms with Crippen LogP contribution in [0.4, 0.5) is 17.6 Å². The summed E-state index contributed by atoms with van der Waals surface area (Å²) in [6.07, 6.45) is 1.47. The van der Waals surface area contributed by atoms with E-state index < -0.39 is 38.9 Å². The van der Waals surface area contributed by atoms with Crippen molar-refractivity contribution in [3.05, 3.63) is 41.5 Å². The molecule has 1 aliphatic rings. The van der Waals surface area contributed by atoms with Crippen molar-refractivity contribution in [1.29, 1.82) is 0 Å². The normalized spacial score (nSPS) is 16.4. The van der Waals surface area contributed by atoms with Gasteiger partial charge in [0.2, 0.25) is 10.0 Å². The Bertz CT molecular complexity index is 1410. The lowest BCUT2D eigenvalue weighted by atomic mass is 9.95. The van der Waals surface area contributed by atoms with E-state index in [1.54, 1.807) is 17.7 Å². The van der Waals surface area contributed by atoms with Gasteiger partial charge in [0.1, 0.15) is 22.4 Å². The molecule has 1 amide bonds. The van der Waals surface area contributed by atoms with E-state index in [9.17, 15) is 30.8 Å². The van der Waals surface area contributed by atoms with Crippen molar-refractivity contribution in [3.8, 4) is 11.5 Å².